The Morgan fingerprint density at radius 1 is 1.45 bits per heavy atom. The number of carbonyl (C=O) groups is 1. The summed E-state index contributed by atoms with van der Waals surface area (Å²) >= 11 is 0. The quantitative estimate of drug-likeness (QED) is 0.746. The highest BCUT2D eigenvalue weighted by molar-refractivity contribution is 5.76. The minimum Gasteiger partial charge on any atom is -0.377 e. The topological polar surface area (TPSA) is 50.4 Å². The number of benzene rings is 1. The van der Waals surface area contributed by atoms with Crippen molar-refractivity contribution in [3.05, 3.63) is 35.4 Å². The van der Waals surface area contributed by atoms with Crippen molar-refractivity contribution >= 4 is 5.91 Å². The van der Waals surface area contributed by atoms with Gasteiger partial charge in [-0.05, 0) is 25.3 Å². The molecule has 1 amide bonds. The van der Waals surface area contributed by atoms with Crippen LogP contribution in [0.1, 0.15) is 30.4 Å². The summed E-state index contributed by atoms with van der Waals surface area (Å²) in [5, 5.41) is 6.22. The molecule has 0 spiro atoms. The van der Waals surface area contributed by atoms with Crippen molar-refractivity contribution in [2.75, 3.05) is 19.7 Å². The second-order valence-corrected chi connectivity index (χ2v) is 5.35. The fraction of sp³-hybridized carbons (Fsp3) is 0.562. The van der Waals surface area contributed by atoms with Gasteiger partial charge in [-0.25, -0.2) is 0 Å². The van der Waals surface area contributed by atoms with E-state index in [-0.39, 0.29) is 5.91 Å². The molecule has 110 valence electrons. The highest BCUT2D eigenvalue weighted by Crippen LogP contribution is 2.10. The standard InChI is InChI=1S/C16H24N2O2/c1-13-4-2-5-14(10-13)11-18-16(19)7-8-17-12-15-6-3-9-20-15/h2,4-5,10,15,17H,3,6-9,11-12H2,1H3,(H,18,19). The fourth-order valence-electron chi connectivity index (χ4n) is 2.38. The predicted octanol–water partition coefficient (Wildman–Crippen LogP) is 1.77. The van der Waals surface area contributed by atoms with Crippen LogP contribution in [0.3, 0.4) is 0 Å². The Balaban J connectivity index is 1.56. The first-order valence-corrected chi connectivity index (χ1v) is 7.38. The molecule has 1 heterocycles. The molecule has 4 heteroatoms. The molecule has 20 heavy (non-hydrogen) atoms. The van der Waals surface area contributed by atoms with E-state index in [1.54, 1.807) is 0 Å². The van der Waals surface area contributed by atoms with Crippen LogP contribution in [0.4, 0.5) is 0 Å². The Morgan fingerprint density at radius 2 is 2.35 bits per heavy atom. The molecule has 1 atom stereocenters. The van der Waals surface area contributed by atoms with Crippen LogP contribution in [-0.4, -0.2) is 31.7 Å². The first-order chi connectivity index (χ1) is 9.74. The summed E-state index contributed by atoms with van der Waals surface area (Å²) in [5.41, 5.74) is 2.36. The molecular formula is C16H24N2O2. The lowest BCUT2D eigenvalue weighted by atomic mass is 10.1. The molecule has 0 aliphatic carbocycles. The van der Waals surface area contributed by atoms with Crippen LogP contribution in [0.2, 0.25) is 0 Å². The molecule has 1 aliphatic heterocycles. The highest BCUT2D eigenvalue weighted by atomic mass is 16.5. The number of hydrogen-bond acceptors (Lipinski definition) is 3. The fourth-order valence-corrected chi connectivity index (χ4v) is 2.38. The number of rotatable bonds is 7. The minimum absolute atomic E-state index is 0.0892. The summed E-state index contributed by atoms with van der Waals surface area (Å²) in [4.78, 5) is 11.7. The van der Waals surface area contributed by atoms with Gasteiger partial charge in [0.1, 0.15) is 0 Å². The van der Waals surface area contributed by atoms with E-state index in [9.17, 15) is 4.79 Å². The Morgan fingerprint density at radius 3 is 3.10 bits per heavy atom. The van der Waals surface area contributed by atoms with Crippen molar-refractivity contribution in [1.29, 1.82) is 0 Å². The summed E-state index contributed by atoms with van der Waals surface area (Å²) in [6.07, 6.45) is 3.14. The maximum atomic E-state index is 11.7. The Bertz CT molecular complexity index is 428. The summed E-state index contributed by atoms with van der Waals surface area (Å²) < 4.78 is 5.51. The number of amides is 1. The number of aryl methyl sites for hydroxylation is 1. The third kappa shape index (κ3) is 5.31. The molecule has 0 bridgehead atoms. The summed E-state index contributed by atoms with van der Waals surface area (Å²) in [6, 6.07) is 8.19. The van der Waals surface area contributed by atoms with E-state index >= 15 is 0 Å². The Labute approximate surface area is 120 Å². The highest BCUT2D eigenvalue weighted by Gasteiger charge is 2.14. The number of carbonyl (C=O) groups excluding carboxylic acids is 1. The molecule has 2 rings (SSSR count). The third-order valence-corrected chi connectivity index (χ3v) is 3.50. The number of nitrogens with one attached hydrogen (secondary N) is 2. The van der Waals surface area contributed by atoms with E-state index in [2.05, 4.69) is 29.7 Å². The van der Waals surface area contributed by atoms with Crippen molar-refractivity contribution in [2.45, 2.75) is 38.8 Å². The third-order valence-electron chi connectivity index (χ3n) is 3.50. The first-order valence-electron chi connectivity index (χ1n) is 7.38. The molecule has 1 aromatic rings. The van der Waals surface area contributed by atoms with E-state index in [1.807, 2.05) is 12.1 Å². The van der Waals surface area contributed by atoms with Gasteiger partial charge >= 0.3 is 0 Å². The number of ether oxygens (including phenoxy) is 1. The largest absolute Gasteiger partial charge is 0.377 e. The molecule has 1 unspecified atom stereocenters. The zero-order valence-corrected chi connectivity index (χ0v) is 12.2. The van der Waals surface area contributed by atoms with E-state index in [0.29, 0.717) is 25.6 Å². The smallest absolute Gasteiger partial charge is 0.221 e. The van der Waals surface area contributed by atoms with Gasteiger partial charge in [0.25, 0.3) is 0 Å². The SMILES string of the molecule is Cc1cccc(CNC(=O)CCNCC2CCCO2)c1. The van der Waals surface area contributed by atoms with Gasteiger partial charge in [0.05, 0.1) is 6.10 Å². The van der Waals surface area contributed by atoms with E-state index in [4.69, 9.17) is 4.74 Å². The molecule has 1 aliphatic rings. The van der Waals surface area contributed by atoms with Gasteiger partial charge in [0.2, 0.25) is 5.91 Å². The van der Waals surface area contributed by atoms with Gasteiger partial charge in [-0.3, -0.25) is 4.79 Å². The molecule has 4 nitrogen and oxygen atoms in total. The van der Waals surface area contributed by atoms with Gasteiger partial charge in [0, 0.05) is 32.7 Å². The molecule has 0 radical (unpaired) electrons. The second kappa shape index (κ2) is 8.02. The molecule has 0 saturated carbocycles. The van der Waals surface area contributed by atoms with E-state index in [0.717, 1.165) is 31.6 Å². The van der Waals surface area contributed by atoms with Gasteiger partial charge in [-0.1, -0.05) is 29.8 Å². The number of hydrogen-bond donors (Lipinski definition) is 2. The monoisotopic (exact) mass is 276 g/mol. The lowest BCUT2D eigenvalue weighted by molar-refractivity contribution is -0.121. The minimum atomic E-state index is 0.0892. The maximum Gasteiger partial charge on any atom is 0.221 e. The molecular weight excluding hydrogens is 252 g/mol. The average Bonchev–Trinajstić information content (AvgIpc) is 2.95. The van der Waals surface area contributed by atoms with Crippen LogP contribution in [0.15, 0.2) is 24.3 Å². The van der Waals surface area contributed by atoms with Crippen LogP contribution in [0, 0.1) is 6.92 Å². The van der Waals surface area contributed by atoms with Crippen molar-refractivity contribution in [1.82, 2.24) is 10.6 Å². The zero-order valence-electron chi connectivity index (χ0n) is 12.2. The van der Waals surface area contributed by atoms with Crippen molar-refractivity contribution in [3.8, 4) is 0 Å². The molecule has 1 aromatic carbocycles. The van der Waals surface area contributed by atoms with E-state index in [1.165, 1.54) is 5.56 Å². The van der Waals surface area contributed by atoms with Crippen molar-refractivity contribution in [3.63, 3.8) is 0 Å². The van der Waals surface area contributed by atoms with Crippen molar-refractivity contribution in [2.24, 2.45) is 0 Å². The summed E-state index contributed by atoms with van der Waals surface area (Å²) in [7, 11) is 0. The normalized spacial score (nSPS) is 18.1. The lowest BCUT2D eigenvalue weighted by Gasteiger charge is -2.10. The van der Waals surface area contributed by atoms with Crippen LogP contribution < -0.4 is 10.6 Å². The van der Waals surface area contributed by atoms with Gasteiger partial charge in [0.15, 0.2) is 0 Å². The molecule has 1 saturated heterocycles. The summed E-state index contributed by atoms with van der Waals surface area (Å²) in [5.74, 6) is 0.0892. The van der Waals surface area contributed by atoms with Crippen LogP contribution >= 0.6 is 0 Å². The second-order valence-electron chi connectivity index (χ2n) is 5.35. The first kappa shape index (κ1) is 15.0. The predicted molar refractivity (Wildman–Crippen MR) is 79.5 cm³/mol. The Hall–Kier alpha value is -1.39. The molecule has 0 aromatic heterocycles. The van der Waals surface area contributed by atoms with E-state index < -0.39 is 0 Å². The van der Waals surface area contributed by atoms with Crippen LogP contribution in [-0.2, 0) is 16.1 Å². The zero-order chi connectivity index (χ0) is 14.2. The molecule has 2 N–H and O–H groups in total. The Kier molecular flexibility index (Phi) is 6.02. The lowest BCUT2D eigenvalue weighted by Crippen LogP contribution is -2.31. The maximum absolute atomic E-state index is 11.7. The van der Waals surface area contributed by atoms with Crippen molar-refractivity contribution < 1.29 is 9.53 Å². The molecule has 1 fully saturated rings. The average molecular weight is 276 g/mol. The summed E-state index contributed by atoms with van der Waals surface area (Å²) in [6.45, 7) is 5.10. The van der Waals surface area contributed by atoms with Gasteiger partial charge in [-0.2, -0.15) is 0 Å². The van der Waals surface area contributed by atoms with Crippen LogP contribution in [0.25, 0.3) is 0 Å². The van der Waals surface area contributed by atoms with Gasteiger partial charge < -0.3 is 15.4 Å². The van der Waals surface area contributed by atoms with Gasteiger partial charge in [-0.15, -0.1) is 0 Å². The van der Waals surface area contributed by atoms with Crippen LogP contribution in [0.5, 0.6) is 0 Å².